The molecule has 2 aliphatic heterocycles. The molecule has 1 unspecified atom stereocenters. The third kappa shape index (κ3) is 5.89. The maximum atomic E-state index is 12.2. The van der Waals surface area contributed by atoms with Crippen molar-refractivity contribution in [3.63, 3.8) is 0 Å². The van der Waals surface area contributed by atoms with E-state index < -0.39 is 0 Å². The van der Waals surface area contributed by atoms with Gasteiger partial charge in [0.25, 0.3) is 5.91 Å². The monoisotopic (exact) mass is 517 g/mol. The summed E-state index contributed by atoms with van der Waals surface area (Å²) in [5.74, 6) is 1.46. The molecule has 1 amide bonds. The van der Waals surface area contributed by atoms with Crippen molar-refractivity contribution in [2.24, 2.45) is 10.9 Å². The van der Waals surface area contributed by atoms with E-state index >= 15 is 0 Å². The molecule has 1 aromatic carbocycles. The highest BCUT2D eigenvalue weighted by atomic mass is 16.2. The molecule has 0 saturated carbocycles. The zero-order valence-corrected chi connectivity index (χ0v) is 23.3. The number of fused-ring (bicyclic) bond motifs is 1. The highest BCUT2D eigenvalue weighted by molar-refractivity contribution is 5.91. The van der Waals surface area contributed by atoms with Crippen LogP contribution in [0, 0.1) is 17.4 Å². The molecule has 10 nitrogen and oxygen atoms in total. The molecule has 38 heavy (non-hydrogen) atoms. The Hall–Kier alpha value is -3.71. The number of aliphatic imine (C=N–C) groups is 1. The Morgan fingerprint density at radius 3 is 2.58 bits per heavy atom. The van der Waals surface area contributed by atoms with E-state index in [9.17, 15) is 10.1 Å². The standard InChI is InChI=1S/C28H39N9O/c1-19(2)25-17-36(26-15-30-24(14-31-26)27(38)34(5)6)12-13-37(25)28(32-18-29)33-23-9-7-8-21-16-35(20(3)4)11-10-22(21)23/h7-9,14-15,19-20,25H,10-13,16-17H2,1-6H3,(H,32,33). The summed E-state index contributed by atoms with van der Waals surface area (Å²) in [6, 6.07) is 6.91. The van der Waals surface area contributed by atoms with E-state index in [1.165, 1.54) is 22.2 Å². The Balaban J connectivity index is 1.58. The first-order valence-corrected chi connectivity index (χ1v) is 13.3. The normalized spacial score (nSPS) is 18.4. The minimum absolute atomic E-state index is 0.101. The number of guanidine groups is 1. The lowest BCUT2D eigenvalue weighted by molar-refractivity contribution is 0.0821. The number of carbonyl (C=O) groups excluding carboxylic acids is 1. The fraction of sp³-hybridized carbons (Fsp3) is 0.536. The number of aromatic nitrogens is 2. The quantitative estimate of drug-likeness (QED) is 0.280. The molecule has 0 radical (unpaired) electrons. The average Bonchev–Trinajstić information content (AvgIpc) is 2.91. The van der Waals surface area contributed by atoms with Crippen molar-refractivity contribution in [2.45, 2.75) is 52.7 Å². The van der Waals surface area contributed by atoms with Gasteiger partial charge in [-0.1, -0.05) is 26.0 Å². The molecular formula is C28H39N9O. The smallest absolute Gasteiger partial charge is 0.273 e. The van der Waals surface area contributed by atoms with E-state index in [0.29, 0.717) is 43.2 Å². The highest BCUT2D eigenvalue weighted by Crippen LogP contribution is 2.30. The van der Waals surface area contributed by atoms with Crippen LogP contribution < -0.4 is 10.2 Å². The number of carbonyl (C=O) groups is 1. The van der Waals surface area contributed by atoms with Gasteiger partial charge in [0.1, 0.15) is 11.5 Å². The molecule has 1 fully saturated rings. The summed E-state index contributed by atoms with van der Waals surface area (Å²) in [5.41, 5.74) is 3.83. The number of benzene rings is 1. The molecule has 1 atom stereocenters. The summed E-state index contributed by atoms with van der Waals surface area (Å²) in [6.07, 6.45) is 6.27. The summed E-state index contributed by atoms with van der Waals surface area (Å²) >= 11 is 0. The van der Waals surface area contributed by atoms with E-state index in [1.54, 1.807) is 20.3 Å². The Morgan fingerprint density at radius 2 is 1.95 bits per heavy atom. The largest absolute Gasteiger partial charge is 0.351 e. The van der Waals surface area contributed by atoms with E-state index in [4.69, 9.17) is 4.99 Å². The fourth-order valence-electron chi connectivity index (χ4n) is 5.16. The van der Waals surface area contributed by atoms with Crippen LogP contribution in [-0.4, -0.2) is 88.9 Å². The molecule has 10 heteroatoms. The zero-order valence-electron chi connectivity index (χ0n) is 23.3. The van der Waals surface area contributed by atoms with Crippen molar-refractivity contribution in [1.82, 2.24) is 30.0 Å². The van der Waals surface area contributed by atoms with Gasteiger partial charge in [-0.05, 0) is 43.4 Å². The molecule has 1 saturated heterocycles. The molecule has 2 aliphatic rings. The first-order valence-electron chi connectivity index (χ1n) is 13.3. The molecule has 2 aromatic rings. The predicted molar refractivity (Wildman–Crippen MR) is 149 cm³/mol. The molecular weight excluding hydrogens is 478 g/mol. The molecule has 0 spiro atoms. The first-order chi connectivity index (χ1) is 18.2. The van der Waals surface area contributed by atoms with Gasteiger partial charge < -0.3 is 14.7 Å². The zero-order chi connectivity index (χ0) is 27.4. The Kier molecular flexibility index (Phi) is 8.47. The lowest BCUT2D eigenvalue weighted by Gasteiger charge is -2.44. The summed E-state index contributed by atoms with van der Waals surface area (Å²) in [4.78, 5) is 34.5. The Labute approximate surface area is 226 Å². The van der Waals surface area contributed by atoms with Crippen LogP contribution in [0.5, 0.6) is 0 Å². The molecule has 0 aliphatic carbocycles. The third-order valence-corrected chi connectivity index (χ3v) is 7.44. The minimum Gasteiger partial charge on any atom is -0.351 e. The van der Waals surface area contributed by atoms with Crippen LogP contribution in [-0.2, 0) is 13.0 Å². The fourth-order valence-corrected chi connectivity index (χ4v) is 5.16. The highest BCUT2D eigenvalue weighted by Gasteiger charge is 2.33. The van der Waals surface area contributed by atoms with Crippen molar-refractivity contribution >= 4 is 23.4 Å². The Bertz CT molecular complexity index is 1200. The van der Waals surface area contributed by atoms with Gasteiger partial charge in [-0.15, -0.1) is 0 Å². The van der Waals surface area contributed by atoms with Crippen LogP contribution >= 0.6 is 0 Å². The number of amides is 1. The molecule has 4 rings (SSSR count). The lowest BCUT2D eigenvalue weighted by Crippen LogP contribution is -2.59. The molecule has 0 bridgehead atoms. The van der Waals surface area contributed by atoms with Gasteiger partial charge >= 0.3 is 0 Å². The second-order valence-corrected chi connectivity index (χ2v) is 10.8. The van der Waals surface area contributed by atoms with Crippen molar-refractivity contribution in [3.8, 4) is 6.19 Å². The maximum Gasteiger partial charge on any atom is 0.273 e. The minimum atomic E-state index is -0.169. The maximum absolute atomic E-state index is 12.2. The second kappa shape index (κ2) is 11.8. The van der Waals surface area contributed by atoms with Gasteiger partial charge in [-0.25, -0.2) is 15.0 Å². The van der Waals surface area contributed by atoms with Crippen molar-refractivity contribution in [2.75, 3.05) is 45.2 Å². The van der Waals surface area contributed by atoms with Crippen molar-refractivity contribution in [3.05, 3.63) is 47.4 Å². The van der Waals surface area contributed by atoms with Crippen LogP contribution in [0.3, 0.4) is 0 Å². The SMILES string of the molecule is CC(C)C1CN(c2cnc(C(=O)N(C)C)cn2)CCN1C(=Nc1cccc2c1CCN(C(C)C)C2)NC#N. The molecule has 1 N–H and O–H groups in total. The van der Waals surface area contributed by atoms with Crippen LogP contribution in [0.25, 0.3) is 0 Å². The van der Waals surface area contributed by atoms with Gasteiger partial charge in [0.2, 0.25) is 5.96 Å². The predicted octanol–water partition coefficient (Wildman–Crippen LogP) is 2.85. The lowest BCUT2D eigenvalue weighted by atomic mass is 9.97. The number of anilines is 1. The van der Waals surface area contributed by atoms with E-state index in [-0.39, 0.29) is 11.9 Å². The summed E-state index contributed by atoms with van der Waals surface area (Å²) < 4.78 is 0. The second-order valence-electron chi connectivity index (χ2n) is 10.8. The molecule has 3 heterocycles. The van der Waals surface area contributed by atoms with Gasteiger partial charge in [0.05, 0.1) is 24.1 Å². The Morgan fingerprint density at radius 1 is 1.16 bits per heavy atom. The van der Waals surface area contributed by atoms with Crippen molar-refractivity contribution in [1.29, 1.82) is 5.26 Å². The van der Waals surface area contributed by atoms with E-state index in [0.717, 1.165) is 31.0 Å². The van der Waals surface area contributed by atoms with Crippen LogP contribution in [0.15, 0.2) is 35.6 Å². The summed E-state index contributed by atoms with van der Waals surface area (Å²) in [7, 11) is 3.40. The molecule has 1 aromatic heterocycles. The summed E-state index contributed by atoms with van der Waals surface area (Å²) in [5, 5.41) is 12.5. The molecule has 202 valence electrons. The number of nitriles is 1. The average molecular weight is 518 g/mol. The topological polar surface area (TPSA) is 104 Å². The number of hydrogen-bond acceptors (Lipinski definition) is 7. The first kappa shape index (κ1) is 27.3. The van der Waals surface area contributed by atoms with E-state index in [2.05, 4.69) is 82.1 Å². The summed E-state index contributed by atoms with van der Waals surface area (Å²) in [6.45, 7) is 12.8. The van der Waals surface area contributed by atoms with Gasteiger partial charge in [-0.3, -0.25) is 15.0 Å². The number of nitrogens with one attached hydrogen (secondary N) is 1. The van der Waals surface area contributed by atoms with Crippen molar-refractivity contribution < 1.29 is 4.79 Å². The van der Waals surface area contributed by atoms with E-state index in [1.807, 2.05) is 0 Å². The van der Waals surface area contributed by atoms with Crippen LogP contribution in [0.2, 0.25) is 0 Å². The van der Waals surface area contributed by atoms with Gasteiger partial charge in [0, 0.05) is 52.9 Å². The number of nitrogens with zero attached hydrogens (tertiary/aromatic N) is 8. The number of piperazine rings is 1. The van der Waals surface area contributed by atoms with Crippen LogP contribution in [0.1, 0.15) is 49.3 Å². The number of rotatable bonds is 5. The third-order valence-electron chi connectivity index (χ3n) is 7.44. The van der Waals surface area contributed by atoms with Gasteiger partial charge in [0.15, 0.2) is 6.19 Å². The van der Waals surface area contributed by atoms with Gasteiger partial charge in [-0.2, -0.15) is 5.26 Å². The number of hydrogen-bond donors (Lipinski definition) is 1. The van der Waals surface area contributed by atoms with Crippen LogP contribution in [0.4, 0.5) is 11.5 Å².